The SMILES string of the molecule is CN[C@@H](C)C(=O)Nc1nc(-c2ccc(C(C)C)cc2)cs1. The van der Waals surface area contributed by atoms with E-state index in [0.29, 0.717) is 11.0 Å². The Kier molecular flexibility index (Phi) is 5.09. The summed E-state index contributed by atoms with van der Waals surface area (Å²) in [6, 6.07) is 8.17. The standard InChI is InChI=1S/C16H21N3OS/c1-10(2)12-5-7-13(8-6-12)14-9-21-16(18-14)19-15(20)11(3)17-4/h5-11,17H,1-4H3,(H,18,19,20)/t11-/m0/s1. The number of rotatable bonds is 5. The molecule has 1 atom stereocenters. The van der Waals surface area contributed by atoms with Crippen LogP contribution in [0, 0.1) is 0 Å². The molecule has 0 spiro atoms. The van der Waals surface area contributed by atoms with E-state index in [1.165, 1.54) is 16.9 Å². The lowest BCUT2D eigenvalue weighted by molar-refractivity contribution is -0.117. The number of benzene rings is 1. The van der Waals surface area contributed by atoms with Crippen LogP contribution in [0.5, 0.6) is 0 Å². The van der Waals surface area contributed by atoms with E-state index in [2.05, 4.69) is 53.7 Å². The number of aromatic nitrogens is 1. The minimum Gasteiger partial charge on any atom is -0.309 e. The van der Waals surface area contributed by atoms with Crippen molar-refractivity contribution in [2.24, 2.45) is 0 Å². The van der Waals surface area contributed by atoms with Crippen molar-refractivity contribution in [1.29, 1.82) is 0 Å². The first-order chi connectivity index (χ1) is 10.0. The number of nitrogens with one attached hydrogen (secondary N) is 2. The molecule has 1 aromatic heterocycles. The highest BCUT2D eigenvalue weighted by Crippen LogP contribution is 2.26. The van der Waals surface area contributed by atoms with Gasteiger partial charge in [0.2, 0.25) is 5.91 Å². The monoisotopic (exact) mass is 303 g/mol. The maximum Gasteiger partial charge on any atom is 0.242 e. The van der Waals surface area contributed by atoms with Crippen LogP contribution in [0.4, 0.5) is 5.13 Å². The molecule has 2 aromatic rings. The molecule has 1 amide bonds. The van der Waals surface area contributed by atoms with Gasteiger partial charge in [-0.3, -0.25) is 4.79 Å². The minimum absolute atomic E-state index is 0.0754. The molecule has 21 heavy (non-hydrogen) atoms. The van der Waals surface area contributed by atoms with Gasteiger partial charge in [-0.1, -0.05) is 38.1 Å². The molecule has 5 heteroatoms. The van der Waals surface area contributed by atoms with Gasteiger partial charge in [0, 0.05) is 10.9 Å². The summed E-state index contributed by atoms with van der Waals surface area (Å²) < 4.78 is 0. The lowest BCUT2D eigenvalue weighted by Crippen LogP contribution is -2.35. The average Bonchev–Trinajstić information content (AvgIpc) is 2.94. The summed E-state index contributed by atoms with van der Waals surface area (Å²) in [5, 5.41) is 8.32. The summed E-state index contributed by atoms with van der Waals surface area (Å²) >= 11 is 1.44. The highest BCUT2D eigenvalue weighted by molar-refractivity contribution is 7.14. The van der Waals surface area contributed by atoms with Crippen molar-refractivity contribution in [1.82, 2.24) is 10.3 Å². The van der Waals surface area contributed by atoms with Gasteiger partial charge in [-0.2, -0.15) is 0 Å². The molecular formula is C16H21N3OS. The molecule has 112 valence electrons. The number of thiazole rings is 1. The van der Waals surface area contributed by atoms with Gasteiger partial charge in [-0.05, 0) is 25.5 Å². The first-order valence-electron chi connectivity index (χ1n) is 7.05. The highest BCUT2D eigenvalue weighted by Gasteiger charge is 2.13. The molecule has 2 rings (SSSR count). The molecule has 1 heterocycles. The quantitative estimate of drug-likeness (QED) is 0.889. The minimum atomic E-state index is -0.234. The first kappa shape index (κ1) is 15.7. The summed E-state index contributed by atoms with van der Waals surface area (Å²) in [6.45, 7) is 6.16. The molecule has 0 aliphatic heterocycles. The molecule has 2 N–H and O–H groups in total. The smallest absolute Gasteiger partial charge is 0.242 e. The Morgan fingerprint density at radius 2 is 1.86 bits per heavy atom. The second-order valence-corrected chi connectivity index (χ2v) is 6.17. The van der Waals surface area contributed by atoms with Gasteiger partial charge in [0.15, 0.2) is 5.13 Å². The van der Waals surface area contributed by atoms with Crippen molar-refractivity contribution in [2.75, 3.05) is 12.4 Å². The lowest BCUT2D eigenvalue weighted by atomic mass is 10.0. The van der Waals surface area contributed by atoms with Crippen LogP contribution in [0.2, 0.25) is 0 Å². The van der Waals surface area contributed by atoms with E-state index in [1.54, 1.807) is 7.05 Å². The van der Waals surface area contributed by atoms with Crippen molar-refractivity contribution >= 4 is 22.4 Å². The lowest BCUT2D eigenvalue weighted by Gasteiger charge is -2.08. The molecule has 4 nitrogen and oxygen atoms in total. The largest absolute Gasteiger partial charge is 0.309 e. The van der Waals surface area contributed by atoms with Crippen LogP contribution < -0.4 is 10.6 Å². The fourth-order valence-electron chi connectivity index (χ4n) is 1.85. The molecule has 1 aromatic carbocycles. The topological polar surface area (TPSA) is 54.0 Å². The third-order valence-electron chi connectivity index (χ3n) is 3.43. The number of carbonyl (C=O) groups is 1. The van der Waals surface area contributed by atoms with E-state index in [9.17, 15) is 4.79 Å². The maximum atomic E-state index is 11.8. The zero-order valence-electron chi connectivity index (χ0n) is 12.8. The van der Waals surface area contributed by atoms with Crippen LogP contribution in [0.3, 0.4) is 0 Å². The van der Waals surface area contributed by atoms with E-state index >= 15 is 0 Å². The molecule has 0 bridgehead atoms. The third kappa shape index (κ3) is 3.89. The summed E-state index contributed by atoms with van der Waals surface area (Å²) in [5.74, 6) is 0.445. The summed E-state index contributed by atoms with van der Waals surface area (Å²) in [6.07, 6.45) is 0. The Balaban J connectivity index is 2.10. The fraction of sp³-hybridized carbons (Fsp3) is 0.375. The van der Waals surface area contributed by atoms with Crippen LogP contribution >= 0.6 is 11.3 Å². The predicted octanol–water partition coefficient (Wildman–Crippen LogP) is 3.48. The van der Waals surface area contributed by atoms with Crippen molar-refractivity contribution in [3.8, 4) is 11.3 Å². The number of likely N-dealkylation sites (N-methyl/N-ethyl adjacent to an activating group) is 1. The highest BCUT2D eigenvalue weighted by atomic mass is 32.1. The van der Waals surface area contributed by atoms with Crippen LogP contribution in [0.15, 0.2) is 29.6 Å². The summed E-state index contributed by atoms with van der Waals surface area (Å²) in [7, 11) is 1.76. The molecule has 0 saturated heterocycles. The van der Waals surface area contributed by atoms with E-state index in [1.807, 2.05) is 12.3 Å². The van der Waals surface area contributed by atoms with Crippen LogP contribution in [0.1, 0.15) is 32.3 Å². The van der Waals surface area contributed by atoms with Crippen LogP contribution in [-0.4, -0.2) is 24.0 Å². The second-order valence-electron chi connectivity index (χ2n) is 5.31. The molecule has 0 aliphatic carbocycles. The number of hydrogen-bond donors (Lipinski definition) is 2. The first-order valence-corrected chi connectivity index (χ1v) is 7.93. The Morgan fingerprint density at radius 3 is 2.43 bits per heavy atom. The Morgan fingerprint density at radius 1 is 1.19 bits per heavy atom. The Labute approximate surface area is 129 Å². The summed E-state index contributed by atoms with van der Waals surface area (Å²) in [5.41, 5.74) is 3.27. The molecule has 0 saturated carbocycles. The van der Waals surface area contributed by atoms with Gasteiger partial charge < -0.3 is 10.6 Å². The van der Waals surface area contributed by atoms with Crippen molar-refractivity contribution < 1.29 is 4.79 Å². The second kappa shape index (κ2) is 6.83. The fourth-order valence-corrected chi connectivity index (χ4v) is 2.57. The number of anilines is 1. The Hall–Kier alpha value is -1.72. The number of amides is 1. The van der Waals surface area contributed by atoms with E-state index in [-0.39, 0.29) is 11.9 Å². The Bertz CT molecular complexity index is 604. The zero-order valence-corrected chi connectivity index (χ0v) is 13.6. The predicted molar refractivity (Wildman–Crippen MR) is 88.8 cm³/mol. The zero-order chi connectivity index (χ0) is 15.4. The van der Waals surface area contributed by atoms with Crippen molar-refractivity contribution in [3.63, 3.8) is 0 Å². The van der Waals surface area contributed by atoms with Gasteiger partial charge in [0.05, 0.1) is 11.7 Å². The van der Waals surface area contributed by atoms with Crippen molar-refractivity contribution in [3.05, 3.63) is 35.2 Å². The van der Waals surface area contributed by atoms with Crippen LogP contribution in [0.25, 0.3) is 11.3 Å². The van der Waals surface area contributed by atoms with E-state index < -0.39 is 0 Å². The van der Waals surface area contributed by atoms with E-state index in [0.717, 1.165) is 11.3 Å². The number of hydrogen-bond acceptors (Lipinski definition) is 4. The molecule has 0 radical (unpaired) electrons. The molecule has 0 aliphatic rings. The molecule has 0 fully saturated rings. The van der Waals surface area contributed by atoms with Gasteiger partial charge in [0.1, 0.15) is 0 Å². The third-order valence-corrected chi connectivity index (χ3v) is 4.19. The maximum absolute atomic E-state index is 11.8. The summed E-state index contributed by atoms with van der Waals surface area (Å²) in [4.78, 5) is 16.3. The van der Waals surface area contributed by atoms with Crippen molar-refractivity contribution in [2.45, 2.75) is 32.7 Å². The number of carbonyl (C=O) groups excluding carboxylic acids is 1. The number of nitrogens with zero attached hydrogens (tertiary/aromatic N) is 1. The van der Waals surface area contributed by atoms with Gasteiger partial charge in [-0.15, -0.1) is 11.3 Å². The van der Waals surface area contributed by atoms with Gasteiger partial charge in [0.25, 0.3) is 0 Å². The van der Waals surface area contributed by atoms with Crippen LogP contribution in [-0.2, 0) is 4.79 Å². The van der Waals surface area contributed by atoms with Gasteiger partial charge >= 0.3 is 0 Å². The molecular weight excluding hydrogens is 282 g/mol. The van der Waals surface area contributed by atoms with Gasteiger partial charge in [-0.25, -0.2) is 4.98 Å². The normalized spacial score (nSPS) is 12.4. The molecule has 0 unspecified atom stereocenters. The van der Waals surface area contributed by atoms with E-state index in [4.69, 9.17) is 0 Å². The average molecular weight is 303 g/mol.